The number of halogens is 4. The lowest BCUT2D eigenvalue weighted by molar-refractivity contribution is -0.138. The van der Waals surface area contributed by atoms with Gasteiger partial charge in [0.15, 0.2) is 11.6 Å². The first-order chi connectivity index (χ1) is 15.1. The average molecular weight is 576 g/mol. The molecule has 11 heteroatoms. The van der Waals surface area contributed by atoms with E-state index in [0.717, 1.165) is 17.5 Å². The number of pyridine rings is 1. The molecular weight excluding hydrogens is 548 g/mol. The van der Waals surface area contributed by atoms with Gasteiger partial charge in [-0.1, -0.05) is 12.1 Å². The van der Waals surface area contributed by atoms with Crippen LogP contribution in [0.15, 0.2) is 47.6 Å². The second-order valence-corrected chi connectivity index (χ2v) is 8.18. The zero-order valence-corrected chi connectivity index (χ0v) is 21.2. The van der Waals surface area contributed by atoms with Crippen LogP contribution in [0.1, 0.15) is 37.7 Å². The summed E-state index contributed by atoms with van der Waals surface area (Å²) in [5.74, 6) is 1.34. The number of fused-ring (bicyclic) bond motifs is 1. The fourth-order valence-electron chi connectivity index (χ4n) is 3.14. The molecule has 0 unspecified atom stereocenters. The smallest absolute Gasteiger partial charge is 0.416 e. The van der Waals surface area contributed by atoms with Gasteiger partial charge in [-0.2, -0.15) is 13.2 Å². The quantitative estimate of drug-likeness (QED) is 0.258. The van der Waals surface area contributed by atoms with E-state index in [9.17, 15) is 13.2 Å². The zero-order valence-electron chi connectivity index (χ0n) is 18.9. The van der Waals surface area contributed by atoms with Gasteiger partial charge in [-0.05, 0) is 50.6 Å². The van der Waals surface area contributed by atoms with Crippen LogP contribution in [0.3, 0.4) is 0 Å². The lowest BCUT2D eigenvalue weighted by Crippen LogP contribution is -2.38. The number of hydrogen-bond donors (Lipinski definition) is 2. The van der Waals surface area contributed by atoms with Gasteiger partial charge in [-0.3, -0.25) is 9.39 Å². The van der Waals surface area contributed by atoms with Crippen LogP contribution in [-0.4, -0.2) is 39.8 Å². The summed E-state index contributed by atoms with van der Waals surface area (Å²) in [5.41, 5.74) is -0.476. The summed E-state index contributed by atoms with van der Waals surface area (Å²) in [4.78, 5) is 4.09. The first-order valence-electron chi connectivity index (χ1n) is 10.2. The van der Waals surface area contributed by atoms with E-state index in [4.69, 9.17) is 4.74 Å². The highest BCUT2D eigenvalue weighted by Crippen LogP contribution is 2.35. The molecule has 3 rings (SSSR count). The number of benzene rings is 1. The second kappa shape index (κ2) is 11.0. The Kier molecular flexibility index (Phi) is 8.92. The molecule has 0 aliphatic rings. The predicted molar refractivity (Wildman–Crippen MR) is 132 cm³/mol. The van der Waals surface area contributed by atoms with Gasteiger partial charge < -0.3 is 15.4 Å². The van der Waals surface area contributed by atoms with Crippen molar-refractivity contribution in [1.29, 1.82) is 0 Å². The van der Waals surface area contributed by atoms with Gasteiger partial charge in [0.25, 0.3) is 0 Å². The molecular formula is C22H28F3IN6O. The molecule has 0 bridgehead atoms. The number of rotatable bonds is 6. The summed E-state index contributed by atoms with van der Waals surface area (Å²) < 4.78 is 48.3. The molecule has 0 aliphatic heterocycles. The van der Waals surface area contributed by atoms with E-state index in [1.807, 2.05) is 28.8 Å². The molecule has 180 valence electrons. The Morgan fingerprint density at radius 3 is 2.52 bits per heavy atom. The van der Waals surface area contributed by atoms with Gasteiger partial charge in [0.1, 0.15) is 17.2 Å². The Morgan fingerprint density at radius 1 is 1.09 bits per heavy atom. The van der Waals surface area contributed by atoms with Crippen LogP contribution in [0.5, 0.6) is 5.75 Å². The molecule has 0 saturated carbocycles. The van der Waals surface area contributed by atoms with Gasteiger partial charge >= 0.3 is 6.18 Å². The van der Waals surface area contributed by atoms with E-state index in [1.54, 1.807) is 33.9 Å². The van der Waals surface area contributed by atoms with E-state index in [-0.39, 0.29) is 41.8 Å². The van der Waals surface area contributed by atoms with E-state index in [1.165, 1.54) is 6.07 Å². The van der Waals surface area contributed by atoms with E-state index < -0.39 is 17.3 Å². The molecule has 0 atom stereocenters. The summed E-state index contributed by atoms with van der Waals surface area (Å²) in [6.07, 6.45) is -2.05. The normalized spacial score (nSPS) is 12.4. The number of guanidine groups is 1. The number of ether oxygens (including phenoxy) is 1. The first-order valence-corrected chi connectivity index (χ1v) is 10.2. The third kappa shape index (κ3) is 7.47. The summed E-state index contributed by atoms with van der Waals surface area (Å²) in [6.45, 7) is 5.80. The van der Waals surface area contributed by atoms with Crippen molar-refractivity contribution in [3.63, 3.8) is 0 Å². The Morgan fingerprint density at radius 2 is 1.85 bits per heavy atom. The third-order valence-corrected chi connectivity index (χ3v) is 4.51. The molecule has 0 spiro atoms. The molecule has 2 N–H and O–H groups in total. The highest BCUT2D eigenvalue weighted by atomic mass is 127. The number of nitrogens with zero attached hydrogens (tertiary/aromatic N) is 4. The van der Waals surface area contributed by atoms with Crippen LogP contribution < -0.4 is 15.4 Å². The number of aromatic nitrogens is 3. The van der Waals surface area contributed by atoms with E-state index in [2.05, 4.69) is 25.8 Å². The molecule has 0 saturated heterocycles. The Labute approximate surface area is 207 Å². The molecule has 0 radical (unpaired) electrons. The lowest BCUT2D eigenvalue weighted by atomic mass is 10.1. The molecule has 2 aromatic heterocycles. The van der Waals surface area contributed by atoms with Gasteiger partial charge in [0.05, 0.1) is 5.56 Å². The second-order valence-electron chi connectivity index (χ2n) is 8.18. The molecule has 3 aromatic rings. The standard InChI is InChI=1S/C22H27F3N6O.HI/c1-21(2,3)32-16-9-8-15(17(13-16)22(23,24)25)14-28-20(26-4)27-11-10-19-30-29-18-7-5-6-12-31(18)19;/h5-9,12-13H,10-11,14H2,1-4H3,(H2,26,27,28);1H. The van der Waals surface area contributed by atoms with Crippen molar-refractivity contribution in [2.24, 2.45) is 4.99 Å². The Bertz CT molecular complexity index is 1090. The minimum atomic E-state index is -4.50. The first kappa shape index (κ1) is 26.7. The maximum Gasteiger partial charge on any atom is 0.416 e. The molecule has 0 amide bonds. The maximum absolute atomic E-state index is 13.6. The van der Waals surface area contributed by atoms with Crippen molar-refractivity contribution in [1.82, 2.24) is 25.2 Å². The van der Waals surface area contributed by atoms with Gasteiger partial charge in [0.2, 0.25) is 0 Å². The van der Waals surface area contributed by atoms with Gasteiger partial charge in [0, 0.05) is 32.8 Å². The minimum Gasteiger partial charge on any atom is -0.488 e. The topological polar surface area (TPSA) is 75.8 Å². The van der Waals surface area contributed by atoms with Crippen LogP contribution in [0.25, 0.3) is 5.65 Å². The highest BCUT2D eigenvalue weighted by molar-refractivity contribution is 14.0. The largest absolute Gasteiger partial charge is 0.488 e. The molecule has 7 nitrogen and oxygen atoms in total. The molecule has 2 heterocycles. The maximum atomic E-state index is 13.6. The van der Waals surface area contributed by atoms with Crippen molar-refractivity contribution in [3.05, 3.63) is 59.5 Å². The summed E-state index contributed by atoms with van der Waals surface area (Å²) in [5, 5.41) is 14.3. The fraction of sp³-hybridized carbons (Fsp3) is 0.409. The minimum absolute atomic E-state index is 0. The van der Waals surface area contributed by atoms with Crippen LogP contribution >= 0.6 is 24.0 Å². The number of alkyl halides is 3. The van der Waals surface area contributed by atoms with Crippen LogP contribution in [0.2, 0.25) is 0 Å². The summed E-state index contributed by atoms with van der Waals surface area (Å²) in [7, 11) is 1.56. The lowest BCUT2D eigenvalue weighted by Gasteiger charge is -2.23. The van der Waals surface area contributed by atoms with Crippen LogP contribution in [0, 0.1) is 0 Å². The van der Waals surface area contributed by atoms with Crippen molar-refractivity contribution < 1.29 is 17.9 Å². The molecule has 33 heavy (non-hydrogen) atoms. The number of hydrogen-bond acceptors (Lipinski definition) is 4. The zero-order chi connectivity index (χ0) is 23.4. The fourth-order valence-corrected chi connectivity index (χ4v) is 3.14. The average Bonchev–Trinajstić information content (AvgIpc) is 3.12. The van der Waals surface area contributed by atoms with Crippen molar-refractivity contribution in [2.75, 3.05) is 13.6 Å². The van der Waals surface area contributed by atoms with Crippen molar-refractivity contribution in [3.8, 4) is 5.75 Å². The molecule has 1 aromatic carbocycles. The van der Waals surface area contributed by atoms with Gasteiger partial charge in [-0.25, -0.2) is 0 Å². The monoisotopic (exact) mass is 576 g/mol. The van der Waals surface area contributed by atoms with E-state index in [0.29, 0.717) is 18.9 Å². The Hall–Kier alpha value is -2.57. The van der Waals surface area contributed by atoms with Crippen molar-refractivity contribution >= 4 is 35.6 Å². The third-order valence-electron chi connectivity index (χ3n) is 4.51. The Balaban J connectivity index is 0.00000385. The summed E-state index contributed by atoms with van der Waals surface area (Å²) in [6, 6.07) is 9.64. The SMILES string of the molecule is CN=C(NCCc1nnc2ccccn12)NCc1ccc(OC(C)(C)C)cc1C(F)(F)F.I. The van der Waals surface area contributed by atoms with Crippen LogP contribution in [0.4, 0.5) is 13.2 Å². The van der Waals surface area contributed by atoms with Gasteiger partial charge in [-0.15, -0.1) is 34.2 Å². The number of aliphatic imine (C=N–C) groups is 1. The highest BCUT2D eigenvalue weighted by Gasteiger charge is 2.34. The van der Waals surface area contributed by atoms with E-state index >= 15 is 0 Å². The molecule has 0 aliphatic carbocycles. The van der Waals surface area contributed by atoms with Crippen LogP contribution in [-0.2, 0) is 19.1 Å². The predicted octanol–water partition coefficient (Wildman–Crippen LogP) is 4.45. The molecule has 0 fully saturated rings. The number of nitrogens with one attached hydrogen (secondary N) is 2. The summed E-state index contributed by atoms with van der Waals surface area (Å²) >= 11 is 0. The van der Waals surface area contributed by atoms with Crippen molar-refractivity contribution in [2.45, 2.75) is 45.5 Å².